The number of sulfone groups is 1. The molecule has 188 valence electrons. The van der Waals surface area contributed by atoms with Crippen molar-refractivity contribution in [3.63, 3.8) is 0 Å². The summed E-state index contributed by atoms with van der Waals surface area (Å²) < 4.78 is 56.6. The molecule has 1 aliphatic rings. The molecule has 1 fully saturated rings. The van der Waals surface area contributed by atoms with Crippen LogP contribution < -0.4 is 15.3 Å². The second kappa shape index (κ2) is 10.4. The van der Waals surface area contributed by atoms with Crippen LogP contribution >= 0.6 is 0 Å². The fourth-order valence-corrected chi connectivity index (χ4v) is 4.82. The van der Waals surface area contributed by atoms with Crippen LogP contribution in [0.4, 0.5) is 19.0 Å². The van der Waals surface area contributed by atoms with Crippen LogP contribution in [0.15, 0.2) is 42.6 Å². The van der Waals surface area contributed by atoms with Crippen molar-refractivity contribution in [3.8, 4) is 0 Å². The Hall–Kier alpha value is -3.52. The molecule has 3 aromatic rings. The number of rotatable bonds is 4. The molecule has 0 aromatic carbocycles. The number of amides is 1. The smallest absolute Gasteiger partial charge is 0.430 e. The summed E-state index contributed by atoms with van der Waals surface area (Å²) in [5, 5.41) is 11.6. The van der Waals surface area contributed by atoms with Gasteiger partial charge in [0.15, 0.2) is 9.84 Å². The summed E-state index contributed by atoms with van der Waals surface area (Å²) in [4.78, 5) is 31.6. The van der Waals surface area contributed by atoms with Gasteiger partial charge < -0.3 is 20.1 Å². The highest BCUT2D eigenvalue weighted by Crippen LogP contribution is 2.15. The van der Waals surface area contributed by atoms with Crippen LogP contribution in [-0.2, 0) is 21.2 Å². The number of carbonyl (C=O) groups excluding carboxylic acids is 2. The first-order chi connectivity index (χ1) is 16.4. The first-order valence-corrected chi connectivity index (χ1v) is 12.2. The molecule has 0 unspecified atom stereocenters. The fourth-order valence-electron chi connectivity index (χ4n) is 3.42. The van der Waals surface area contributed by atoms with Gasteiger partial charge in [-0.2, -0.15) is 13.2 Å². The maximum Gasteiger partial charge on any atom is 0.430 e. The van der Waals surface area contributed by atoms with Crippen LogP contribution in [0.2, 0.25) is 0 Å². The lowest BCUT2D eigenvalue weighted by molar-refractivity contribution is -0.910. The van der Waals surface area contributed by atoms with Gasteiger partial charge in [0.2, 0.25) is 5.82 Å². The van der Waals surface area contributed by atoms with Crippen molar-refractivity contribution in [1.82, 2.24) is 14.4 Å². The zero-order chi connectivity index (χ0) is 25.8. The molecule has 10 nitrogen and oxygen atoms in total. The van der Waals surface area contributed by atoms with E-state index < -0.39 is 22.0 Å². The van der Waals surface area contributed by atoms with Crippen molar-refractivity contribution >= 4 is 33.0 Å². The monoisotopic (exact) mass is 513 g/mol. The lowest BCUT2D eigenvalue weighted by Crippen LogP contribution is -3.13. The van der Waals surface area contributed by atoms with Gasteiger partial charge in [-0.3, -0.25) is 9.20 Å². The molecule has 4 rings (SSSR count). The van der Waals surface area contributed by atoms with Gasteiger partial charge in [0.05, 0.1) is 30.1 Å². The molecule has 0 saturated carbocycles. The Balaban J connectivity index is 0.000000429. The number of quaternary nitrogens is 1. The molecule has 0 bridgehead atoms. The summed E-state index contributed by atoms with van der Waals surface area (Å²) >= 11 is 0. The topological polar surface area (TPSA) is 138 Å². The number of carboxylic acid groups (broad SMARTS) is 1. The summed E-state index contributed by atoms with van der Waals surface area (Å²) in [6, 6.07) is 11.1. The van der Waals surface area contributed by atoms with E-state index in [1.807, 2.05) is 37.3 Å². The number of nitrogens with zero attached hydrogens (tertiary/aromatic N) is 3. The largest absolute Gasteiger partial charge is 0.542 e. The van der Waals surface area contributed by atoms with Crippen molar-refractivity contribution in [2.45, 2.75) is 19.6 Å². The number of hydrogen-bond acceptors (Lipinski definition) is 7. The number of aromatic nitrogens is 3. The third kappa shape index (κ3) is 6.99. The first kappa shape index (κ1) is 26.1. The lowest BCUT2D eigenvalue weighted by Gasteiger charge is -2.22. The van der Waals surface area contributed by atoms with E-state index in [2.05, 4.69) is 15.3 Å². The number of imidazole rings is 1. The number of fused-ring (bicyclic) bond motifs is 1. The zero-order valence-corrected chi connectivity index (χ0v) is 19.3. The summed E-state index contributed by atoms with van der Waals surface area (Å²) in [6.45, 7) is 3.56. The molecule has 1 amide bonds. The molecular weight excluding hydrogens is 491 g/mol. The second-order valence-corrected chi connectivity index (χ2v) is 10.1. The number of pyridine rings is 2. The Morgan fingerprint density at radius 3 is 2.37 bits per heavy atom. The minimum absolute atomic E-state index is 0.195. The lowest BCUT2D eigenvalue weighted by atomic mass is 10.3. The van der Waals surface area contributed by atoms with E-state index in [-0.39, 0.29) is 23.2 Å². The van der Waals surface area contributed by atoms with Crippen molar-refractivity contribution in [1.29, 1.82) is 0 Å². The summed E-state index contributed by atoms with van der Waals surface area (Å²) in [6.07, 6.45) is -3.39. The molecule has 0 radical (unpaired) electrons. The number of aliphatic carboxylic acids is 1. The highest BCUT2D eigenvalue weighted by molar-refractivity contribution is 7.91. The second-order valence-electron chi connectivity index (χ2n) is 7.82. The van der Waals surface area contributed by atoms with E-state index in [9.17, 15) is 26.4 Å². The van der Waals surface area contributed by atoms with E-state index in [1.165, 1.54) is 0 Å². The van der Waals surface area contributed by atoms with E-state index >= 15 is 0 Å². The number of anilines is 1. The van der Waals surface area contributed by atoms with Gasteiger partial charge in [-0.25, -0.2) is 18.4 Å². The fraction of sp³-hybridized carbons (Fsp3) is 0.333. The maximum atomic E-state index is 12.8. The van der Waals surface area contributed by atoms with E-state index in [1.54, 1.807) is 16.7 Å². The third-order valence-electron chi connectivity index (χ3n) is 5.14. The summed E-state index contributed by atoms with van der Waals surface area (Å²) in [7, 11) is -2.91. The van der Waals surface area contributed by atoms with Gasteiger partial charge in [0.1, 0.15) is 24.0 Å². The van der Waals surface area contributed by atoms with Gasteiger partial charge >= 0.3 is 6.18 Å². The standard InChI is InChI=1S/C19H21N5O3S.C2HF3O2/c1-14-5-4-7-17(20-14)22-19(25)18-21-15(16-6-2-3-8-24(16)18)13-23-9-11-28(26,27)12-10-23;3-2(4,5)1(6)7/h2-8H,9-13H2,1H3,(H,20,22,25);(H,6,7). The molecule has 35 heavy (non-hydrogen) atoms. The maximum absolute atomic E-state index is 12.8. The number of carboxylic acids is 1. The van der Waals surface area contributed by atoms with E-state index in [0.717, 1.165) is 21.8 Å². The SMILES string of the molecule is Cc1cccc(NC(=O)c2nc(C[NH+]3CCS(=O)(=O)CC3)c3ccccn23)n1.O=C([O-])C(F)(F)F. The zero-order valence-electron chi connectivity index (χ0n) is 18.5. The molecule has 4 heterocycles. The molecule has 3 aromatic heterocycles. The molecule has 2 N–H and O–H groups in total. The first-order valence-electron chi connectivity index (χ1n) is 10.4. The highest BCUT2D eigenvalue weighted by Gasteiger charge is 2.29. The number of alkyl halides is 3. The van der Waals surface area contributed by atoms with Gasteiger partial charge in [-0.05, 0) is 31.2 Å². The minimum atomic E-state index is -5.19. The summed E-state index contributed by atoms with van der Waals surface area (Å²) in [5.74, 6) is -2.18. The van der Waals surface area contributed by atoms with Crippen molar-refractivity contribution in [2.75, 3.05) is 29.9 Å². The van der Waals surface area contributed by atoms with Crippen molar-refractivity contribution < 1.29 is 41.2 Å². The van der Waals surface area contributed by atoms with Gasteiger partial charge in [0, 0.05) is 11.9 Å². The predicted molar refractivity (Wildman–Crippen MR) is 116 cm³/mol. The molecule has 0 aliphatic carbocycles. The quantitative estimate of drug-likeness (QED) is 0.475. The summed E-state index contributed by atoms with van der Waals surface area (Å²) in [5.41, 5.74) is 2.46. The predicted octanol–water partition coefficient (Wildman–Crippen LogP) is -0.598. The molecular formula is C21H22F3N5O5S. The Kier molecular flexibility index (Phi) is 7.75. The number of nitrogens with one attached hydrogen (secondary N) is 2. The van der Waals surface area contributed by atoms with E-state index in [0.29, 0.717) is 25.5 Å². The minimum Gasteiger partial charge on any atom is -0.542 e. The Morgan fingerprint density at radius 2 is 1.77 bits per heavy atom. The van der Waals surface area contributed by atoms with Crippen LogP contribution in [0.5, 0.6) is 0 Å². The van der Waals surface area contributed by atoms with Gasteiger partial charge in [-0.1, -0.05) is 12.1 Å². The number of aryl methyl sites for hydroxylation is 1. The number of carbonyl (C=O) groups is 2. The van der Waals surface area contributed by atoms with Gasteiger partial charge in [-0.15, -0.1) is 0 Å². The van der Waals surface area contributed by atoms with Crippen LogP contribution in [0, 0.1) is 6.92 Å². The third-order valence-corrected chi connectivity index (χ3v) is 6.79. The Labute approximate surface area is 198 Å². The number of halogens is 3. The van der Waals surface area contributed by atoms with Crippen molar-refractivity contribution in [2.24, 2.45) is 0 Å². The molecule has 0 spiro atoms. The van der Waals surface area contributed by atoms with Crippen molar-refractivity contribution in [3.05, 3.63) is 59.8 Å². The van der Waals surface area contributed by atoms with Gasteiger partial charge in [0.25, 0.3) is 5.91 Å². The molecule has 1 aliphatic heterocycles. The Bertz CT molecular complexity index is 1330. The molecule has 1 saturated heterocycles. The number of hydrogen-bond donors (Lipinski definition) is 2. The highest BCUT2D eigenvalue weighted by atomic mass is 32.2. The van der Waals surface area contributed by atoms with E-state index in [4.69, 9.17) is 9.90 Å². The average Bonchev–Trinajstić information content (AvgIpc) is 3.14. The van der Waals surface area contributed by atoms with Crippen LogP contribution in [-0.4, -0.2) is 65.4 Å². The molecule has 14 heteroatoms. The van der Waals surface area contributed by atoms with Crippen LogP contribution in [0.3, 0.4) is 0 Å². The Morgan fingerprint density at radius 1 is 1.11 bits per heavy atom. The van der Waals surface area contributed by atoms with Crippen LogP contribution in [0.1, 0.15) is 22.0 Å². The van der Waals surface area contributed by atoms with Crippen LogP contribution in [0.25, 0.3) is 5.52 Å². The normalized spacial score (nSPS) is 15.8. The molecule has 0 atom stereocenters. The average molecular weight is 513 g/mol.